The normalized spacial score (nSPS) is 43.5. The van der Waals surface area contributed by atoms with Crippen molar-refractivity contribution >= 4 is 5.97 Å². The Kier molecular flexibility index (Phi) is 7.09. The summed E-state index contributed by atoms with van der Waals surface area (Å²) >= 11 is 0. The maximum absolute atomic E-state index is 12.4. The van der Waals surface area contributed by atoms with Gasteiger partial charge in [0, 0.05) is 6.42 Å². The predicted octanol–water partition coefficient (Wildman–Crippen LogP) is 6.14. The minimum atomic E-state index is -0.227. The van der Waals surface area contributed by atoms with Crippen LogP contribution in [0.4, 0.5) is 0 Å². The third-order valence-corrected chi connectivity index (χ3v) is 11.5. The molecule has 0 unspecified atom stereocenters. The Hall–Kier alpha value is -1.39. The molecule has 0 amide bonds. The van der Waals surface area contributed by atoms with Gasteiger partial charge in [-0.2, -0.15) is 0 Å². The Labute approximate surface area is 211 Å². The zero-order valence-corrected chi connectivity index (χ0v) is 22.0. The second kappa shape index (κ2) is 9.82. The Morgan fingerprint density at radius 3 is 2.49 bits per heavy atom. The quantitative estimate of drug-likeness (QED) is 0.478. The molecule has 4 saturated carbocycles. The summed E-state index contributed by atoms with van der Waals surface area (Å²) in [6.45, 7) is 7.68. The molecule has 4 aliphatic carbocycles. The Bertz CT molecular complexity index is 885. The molecule has 4 heteroatoms. The molecular formula is C31H46O4. The van der Waals surface area contributed by atoms with Crippen molar-refractivity contribution in [3.05, 3.63) is 35.9 Å². The molecule has 2 N–H and O–H groups in total. The van der Waals surface area contributed by atoms with Crippen LogP contribution in [0.1, 0.15) is 90.5 Å². The first kappa shape index (κ1) is 25.3. The van der Waals surface area contributed by atoms with Crippen LogP contribution in [0, 0.1) is 46.3 Å². The van der Waals surface area contributed by atoms with Crippen molar-refractivity contribution in [2.75, 3.05) is 0 Å². The predicted molar refractivity (Wildman–Crippen MR) is 137 cm³/mol. The average molecular weight is 483 g/mol. The third kappa shape index (κ3) is 4.59. The van der Waals surface area contributed by atoms with Crippen molar-refractivity contribution in [3.8, 4) is 0 Å². The Balaban J connectivity index is 1.21. The van der Waals surface area contributed by atoms with E-state index in [1.807, 2.05) is 30.3 Å². The van der Waals surface area contributed by atoms with Gasteiger partial charge in [-0.15, -0.1) is 0 Å². The number of carbonyl (C=O) groups excluding carboxylic acids is 1. The number of benzene rings is 1. The van der Waals surface area contributed by atoms with Crippen molar-refractivity contribution in [3.63, 3.8) is 0 Å². The van der Waals surface area contributed by atoms with Crippen molar-refractivity contribution in [1.29, 1.82) is 0 Å². The molecule has 5 rings (SSSR count). The molecule has 0 heterocycles. The lowest BCUT2D eigenvalue weighted by Crippen LogP contribution is -2.58. The molecule has 0 saturated heterocycles. The Morgan fingerprint density at radius 2 is 1.71 bits per heavy atom. The molecule has 0 radical (unpaired) electrons. The van der Waals surface area contributed by atoms with Crippen molar-refractivity contribution in [2.24, 2.45) is 46.3 Å². The van der Waals surface area contributed by atoms with Crippen LogP contribution in [0.25, 0.3) is 0 Å². The summed E-state index contributed by atoms with van der Waals surface area (Å²) in [5.41, 5.74) is 1.56. The van der Waals surface area contributed by atoms with E-state index in [9.17, 15) is 15.0 Å². The standard InChI is InChI=1S/C31H46O4/c1-20(9-12-28(34)35-19-21-7-5-4-6-8-21)24-10-11-25-29-26(14-16-31(24,25)3)30(2)15-13-23(32)17-22(30)18-27(29)33/h4-8,20,22-27,29,32-33H,9-19H2,1-3H3/t20-,22+,23-,24-,25+,26+,27+,29+,30+,31-/m1/s1. The van der Waals surface area contributed by atoms with E-state index in [1.54, 1.807) is 0 Å². The van der Waals surface area contributed by atoms with E-state index in [-0.39, 0.29) is 29.0 Å². The van der Waals surface area contributed by atoms with Crippen LogP contribution in [0.2, 0.25) is 0 Å². The molecule has 4 aliphatic rings. The molecule has 0 spiro atoms. The maximum atomic E-state index is 12.4. The molecule has 0 bridgehead atoms. The second-order valence-electron chi connectivity index (χ2n) is 13.1. The van der Waals surface area contributed by atoms with Crippen LogP contribution in [0.3, 0.4) is 0 Å². The van der Waals surface area contributed by atoms with Gasteiger partial charge < -0.3 is 14.9 Å². The number of hydrogen-bond acceptors (Lipinski definition) is 4. The molecule has 35 heavy (non-hydrogen) atoms. The molecule has 0 aromatic heterocycles. The van der Waals surface area contributed by atoms with Crippen LogP contribution in [-0.4, -0.2) is 28.4 Å². The molecule has 0 aliphatic heterocycles. The summed E-state index contributed by atoms with van der Waals surface area (Å²) in [5, 5.41) is 21.7. The highest BCUT2D eigenvalue weighted by Gasteiger charge is 2.62. The Morgan fingerprint density at radius 1 is 1.00 bits per heavy atom. The lowest BCUT2D eigenvalue weighted by molar-refractivity contribution is -0.174. The molecule has 10 atom stereocenters. The van der Waals surface area contributed by atoms with Gasteiger partial charge in [-0.05, 0) is 110 Å². The fraction of sp³-hybridized carbons (Fsp3) is 0.774. The van der Waals surface area contributed by atoms with E-state index >= 15 is 0 Å². The maximum Gasteiger partial charge on any atom is 0.306 e. The van der Waals surface area contributed by atoms with Crippen LogP contribution in [-0.2, 0) is 16.1 Å². The second-order valence-corrected chi connectivity index (χ2v) is 13.1. The number of rotatable bonds is 6. The highest BCUT2D eigenvalue weighted by molar-refractivity contribution is 5.69. The van der Waals surface area contributed by atoms with Crippen LogP contribution >= 0.6 is 0 Å². The van der Waals surface area contributed by atoms with Gasteiger partial charge in [0.2, 0.25) is 0 Å². The van der Waals surface area contributed by atoms with Crippen molar-refractivity contribution < 1.29 is 19.7 Å². The fourth-order valence-electron chi connectivity index (χ4n) is 9.53. The summed E-state index contributed by atoms with van der Waals surface area (Å²) in [5.74, 6) is 3.04. The first-order valence-corrected chi connectivity index (χ1v) is 14.3. The average Bonchev–Trinajstić information content (AvgIpc) is 3.20. The van der Waals surface area contributed by atoms with E-state index in [2.05, 4.69) is 20.8 Å². The van der Waals surface area contributed by atoms with E-state index in [4.69, 9.17) is 4.74 Å². The van der Waals surface area contributed by atoms with Gasteiger partial charge in [-0.3, -0.25) is 4.79 Å². The lowest BCUT2D eigenvalue weighted by atomic mass is 9.43. The summed E-state index contributed by atoms with van der Waals surface area (Å²) in [7, 11) is 0. The molecule has 4 fully saturated rings. The number of carbonyl (C=O) groups is 1. The first-order chi connectivity index (χ1) is 16.7. The number of hydrogen-bond donors (Lipinski definition) is 2. The van der Waals surface area contributed by atoms with Gasteiger partial charge >= 0.3 is 5.97 Å². The summed E-state index contributed by atoms with van der Waals surface area (Å²) in [6, 6.07) is 9.89. The number of aliphatic hydroxyl groups excluding tert-OH is 2. The minimum absolute atomic E-state index is 0.0923. The fourth-order valence-corrected chi connectivity index (χ4v) is 9.53. The summed E-state index contributed by atoms with van der Waals surface area (Å²) < 4.78 is 5.54. The largest absolute Gasteiger partial charge is 0.461 e. The number of fused-ring (bicyclic) bond motifs is 5. The monoisotopic (exact) mass is 482 g/mol. The smallest absolute Gasteiger partial charge is 0.306 e. The molecule has 4 nitrogen and oxygen atoms in total. The van der Waals surface area contributed by atoms with Crippen LogP contribution in [0.5, 0.6) is 0 Å². The van der Waals surface area contributed by atoms with E-state index in [0.717, 1.165) is 37.7 Å². The van der Waals surface area contributed by atoms with Gasteiger partial charge in [-0.1, -0.05) is 51.1 Å². The van der Waals surface area contributed by atoms with E-state index in [0.29, 0.717) is 48.5 Å². The summed E-state index contributed by atoms with van der Waals surface area (Å²) in [4.78, 5) is 12.4. The SMILES string of the molecule is C[C@H](CCC(=O)OCc1ccccc1)[C@H]1CC[C@H]2[C@@H]3[C@@H](O)C[C@@H]4C[C@H](O)CC[C@]4(C)[C@H]3CC[C@]12C. The number of esters is 1. The van der Waals surface area contributed by atoms with Gasteiger partial charge in [0.25, 0.3) is 0 Å². The molecule has 194 valence electrons. The highest BCUT2D eigenvalue weighted by atomic mass is 16.5. The summed E-state index contributed by atoms with van der Waals surface area (Å²) in [6.07, 6.45) is 9.63. The van der Waals surface area contributed by atoms with Gasteiger partial charge in [-0.25, -0.2) is 0 Å². The van der Waals surface area contributed by atoms with Crippen molar-refractivity contribution in [2.45, 2.75) is 104 Å². The van der Waals surface area contributed by atoms with Crippen LogP contribution in [0.15, 0.2) is 30.3 Å². The van der Waals surface area contributed by atoms with Gasteiger partial charge in [0.1, 0.15) is 6.61 Å². The number of aliphatic hydroxyl groups is 2. The zero-order chi connectivity index (χ0) is 24.8. The van der Waals surface area contributed by atoms with Gasteiger partial charge in [0.15, 0.2) is 0 Å². The first-order valence-electron chi connectivity index (χ1n) is 14.3. The van der Waals surface area contributed by atoms with Crippen molar-refractivity contribution in [1.82, 2.24) is 0 Å². The molecule has 1 aromatic rings. The number of ether oxygens (including phenoxy) is 1. The van der Waals surface area contributed by atoms with Gasteiger partial charge in [0.05, 0.1) is 12.2 Å². The third-order valence-electron chi connectivity index (χ3n) is 11.5. The highest BCUT2D eigenvalue weighted by Crippen LogP contribution is 2.68. The minimum Gasteiger partial charge on any atom is -0.461 e. The van der Waals surface area contributed by atoms with Crippen LogP contribution < -0.4 is 0 Å². The van der Waals surface area contributed by atoms with E-state index in [1.165, 1.54) is 25.7 Å². The molecular weight excluding hydrogens is 436 g/mol. The zero-order valence-electron chi connectivity index (χ0n) is 22.0. The lowest BCUT2D eigenvalue weighted by Gasteiger charge is -2.62. The van der Waals surface area contributed by atoms with E-state index < -0.39 is 0 Å². The topological polar surface area (TPSA) is 66.8 Å². The molecule has 1 aromatic carbocycles.